The van der Waals surface area contributed by atoms with E-state index in [0.29, 0.717) is 18.5 Å². The lowest BCUT2D eigenvalue weighted by Crippen LogP contribution is -2.49. The van der Waals surface area contributed by atoms with Gasteiger partial charge in [0.15, 0.2) is 5.82 Å². The Labute approximate surface area is 95.8 Å². The van der Waals surface area contributed by atoms with Crippen molar-refractivity contribution in [3.8, 4) is 5.88 Å². The first kappa shape index (κ1) is 11.1. The molecular formula is C11H18N4O. The molecular weight excluding hydrogens is 204 g/mol. The minimum atomic E-state index is 0.492. The van der Waals surface area contributed by atoms with Crippen LogP contribution in [0.3, 0.4) is 0 Å². The van der Waals surface area contributed by atoms with Gasteiger partial charge >= 0.3 is 0 Å². The summed E-state index contributed by atoms with van der Waals surface area (Å²) >= 11 is 0. The highest BCUT2D eigenvalue weighted by Gasteiger charge is 2.17. The van der Waals surface area contributed by atoms with E-state index in [9.17, 15) is 0 Å². The number of hydrogen-bond donors (Lipinski definition) is 1. The fourth-order valence-corrected chi connectivity index (χ4v) is 1.85. The van der Waals surface area contributed by atoms with Crippen molar-refractivity contribution in [2.45, 2.75) is 19.9 Å². The van der Waals surface area contributed by atoms with Crippen LogP contribution in [-0.4, -0.2) is 42.3 Å². The first-order valence-electron chi connectivity index (χ1n) is 5.72. The van der Waals surface area contributed by atoms with Gasteiger partial charge in [0.25, 0.3) is 0 Å². The molecule has 1 aromatic heterocycles. The summed E-state index contributed by atoms with van der Waals surface area (Å²) in [6.07, 6.45) is 3.44. The lowest BCUT2D eigenvalue weighted by Gasteiger charge is -2.32. The molecule has 0 saturated carbocycles. The van der Waals surface area contributed by atoms with Crippen LogP contribution >= 0.6 is 0 Å². The maximum Gasteiger partial charge on any atom is 0.234 e. The van der Waals surface area contributed by atoms with Crippen LogP contribution in [0.5, 0.6) is 5.88 Å². The van der Waals surface area contributed by atoms with Gasteiger partial charge in [-0.2, -0.15) is 4.98 Å². The van der Waals surface area contributed by atoms with Crippen LogP contribution in [0.2, 0.25) is 0 Å². The summed E-state index contributed by atoms with van der Waals surface area (Å²) in [6, 6.07) is 0.492. The molecule has 0 radical (unpaired) electrons. The predicted octanol–water partition coefficient (Wildman–Crippen LogP) is 0.673. The van der Waals surface area contributed by atoms with Crippen LogP contribution in [-0.2, 0) is 0 Å². The Morgan fingerprint density at radius 3 is 3.19 bits per heavy atom. The predicted molar refractivity (Wildman–Crippen MR) is 62.9 cm³/mol. The van der Waals surface area contributed by atoms with E-state index in [2.05, 4.69) is 27.1 Å². The van der Waals surface area contributed by atoms with E-state index >= 15 is 0 Å². The lowest BCUT2D eigenvalue weighted by molar-refractivity contribution is 0.325. The Hall–Kier alpha value is -1.36. The van der Waals surface area contributed by atoms with Gasteiger partial charge in [-0.25, -0.2) is 0 Å². The van der Waals surface area contributed by atoms with Crippen LogP contribution in [0.1, 0.15) is 13.8 Å². The molecule has 2 rings (SSSR count). The molecule has 0 unspecified atom stereocenters. The normalized spacial score (nSPS) is 20.9. The van der Waals surface area contributed by atoms with Gasteiger partial charge in [-0.05, 0) is 13.8 Å². The monoisotopic (exact) mass is 222 g/mol. The number of rotatable bonds is 3. The standard InChI is InChI=1S/C11H18N4O/c1-3-16-11-7-12-6-10(14-11)15-5-4-13-9(2)8-15/h6-7,9,13H,3-5,8H2,1-2H3/t9-/m1/s1. The zero-order valence-corrected chi connectivity index (χ0v) is 9.81. The second-order valence-electron chi connectivity index (χ2n) is 3.95. The zero-order valence-electron chi connectivity index (χ0n) is 9.81. The van der Waals surface area contributed by atoms with Gasteiger partial charge in [-0.1, -0.05) is 0 Å². The molecule has 2 heterocycles. The maximum atomic E-state index is 5.35. The van der Waals surface area contributed by atoms with Crippen molar-refractivity contribution in [1.29, 1.82) is 0 Å². The summed E-state index contributed by atoms with van der Waals surface area (Å²) in [5.74, 6) is 1.51. The van der Waals surface area contributed by atoms with Crippen LogP contribution in [0.15, 0.2) is 12.4 Å². The number of aromatic nitrogens is 2. The minimum Gasteiger partial charge on any atom is -0.477 e. The third-order valence-corrected chi connectivity index (χ3v) is 2.58. The Bertz CT molecular complexity index is 345. The number of piperazine rings is 1. The Morgan fingerprint density at radius 1 is 1.56 bits per heavy atom. The molecule has 0 amide bonds. The highest BCUT2D eigenvalue weighted by molar-refractivity contribution is 5.38. The molecule has 16 heavy (non-hydrogen) atoms. The van der Waals surface area contributed by atoms with Gasteiger partial charge < -0.3 is 15.0 Å². The number of anilines is 1. The average Bonchev–Trinajstić information content (AvgIpc) is 2.30. The number of hydrogen-bond acceptors (Lipinski definition) is 5. The van der Waals surface area contributed by atoms with E-state index in [-0.39, 0.29) is 0 Å². The van der Waals surface area contributed by atoms with E-state index in [0.717, 1.165) is 25.5 Å². The fourth-order valence-electron chi connectivity index (χ4n) is 1.85. The molecule has 0 aliphatic carbocycles. The molecule has 88 valence electrons. The SMILES string of the molecule is CCOc1cncc(N2CCN[C@H](C)C2)n1. The molecule has 1 fully saturated rings. The largest absolute Gasteiger partial charge is 0.477 e. The number of nitrogens with one attached hydrogen (secondary N) is 1. The second kappa shape index (κ2) is 5.12. The first-order valence-corrected chi connectivity index (χ1v) is 5.72. The summed E-state index contributed by atoms with van der Waals surface area (Å²) in [6.45, 7) is 7.66. The minimum absolute atomic E-state index is 0.492. The molecule has 0 aromatic carbocycles. The highest BCUT2D eigenvalue weighted by atomic mass is 16.5. The summed E-state index contributed by atoms with van der Waals surface area (Å²) in [5.41, 5.74) is 0. The third kappa shape index (κ3) is 2.61. The highest BCUT2D eigenvalue weighted by Crippen LogP contribution is 2.15. The van der Waals surface area contributed by atoms with Gasteiger partial charge in [0.05, 0.1) is 19.0 Å². The van der Waals surface area contributed by atoms with Gasteiger partial charge in [-0.3, -0.25) is 4.98 Å². The van der Waals surface area contributed by atoms with E-state index < -0.39 is 0 Å². The number of ether oxygens (including phenoxy) is 1. The van der Waals surface area contributed by atoms with Gasteiger partial charge in [0.2, 0.25) is 5.88 Å². The fraction of sp³-hybridized carbons (Fsp3) is 0.636. The van der Waals surface area contributed by atoms with Crippen molar-refractivity contribution < 1.29 is 4.74 Å². The molecule has 0 spiro atoms. The van der Waals surface area contributed by atoms with Crippen LogP contribution in [0.4, 0.5) is 5.82 Å². The summed E-state index contributed by atoms with van der Waals surface area (Å²) in [5, 5.41) is 3.40. The van der Waals surface area contributed by atoms with Crippen molar-refractivity contribution in [2.24, 2.45) is 0 Å². The van der Waals surface area contributed by atoms with Gasteiger partial charge in [0.1, 0.15) is 0 Å². The van der Waals surface area contributed by atoms with Crippen molar-refractivity contribution in [3.05, 3.63) is 12.4 Å². The van der Waals surface area contributed by atoms with Crippen LogP contribution < -0.4 is 15.0 Å². The maximum absolute atomic E-state index is 5.35. The molecule has 5 nitrogen and oxygen atoms in total. The topological polar surface area (TPSA) is 50.3 Å². The summed E-state index contributed by atoms with van der Waals surface area (Å²) < 4.78 is 5.35. The molecule has 0 bridgehead atoms. The molecule has 1 N–H and O–H groups in total. The van der Waals surface area contributed by atoms with E-state index in [4.69, 9.17) is 4.74 Å². The molecule has 1 aliphatic heterocycles. The zero-order chi connectivity index (χ0) is 11.4. The average molecular weight is 222 g/mol. The Balaban J connectivity index is 2.09. The second-order valence-corrected chi connectivity index (χ2v) is 3.95. The van der Waals surface area contributed by atoms with Gasteiger partial charge in [0, 0.05) is 25.7 Å². The third-order valence-electron chi connectivity index (χ3n) is 2.58. The lowest BCUT2D eigenvalue weighted by atomic mass is 10.2. The quantitative estimate of drug-likeness (QED) is 0.814. The Kier molecular flexibility index (Phi) is 3.56. The van der Waals surface area contributed by atoms with E-state index in [1.165, 1.54) is 0 Å². The molecule has 5 heteroatoms. The summed E-state index contributed by atoms with van der Waals surface area (Å²) in [4.78, 5) is 10.8. The molecule has 1 saturated heterocycles. The molecule has 1 aromatic rings. The van der Waals surface area contributed by atoms with Crippen LogP contribution in [0.25, 0.3) is 0 Å². The van der Waals surface area contributed by atoms with Crippen LogP contribution in [0, 0.1) is 0 Å². The van der Waals surface area contributed by atoms with Crippen molar-refractivity contribution >= 4 is 5.82 Å². The first-order chi connectivity index (χ1) is 7.79. The number of nitrogens with zero attached hydrogens (tertiary/aromatic N) is 3. The van der Waals surface area contributed by atoms with E-state index in [1.54, 1.807) is 12.4 Å². The van der Waals surface area contributed by atoms with Crippen molar-refractivity contribution in [3.63, 3.8) is 0 Å². The van der Waals surface area contributed by atoms with Crippen molar-refractivity contribution in [1.82, 2.24) is 15.3 Å². The Morgan fingerprint density at radius 2 is 2.44 bits per heavy atom. The van der Waals surface area contributed by atoms with Gasteiger partial charge in [-0.15, -0.1) is 0 Å². The molecule has 1 atom stereocenters. The molecule has 1 aliphatic rings. The summed E-state index contributed by atoms with van der Waals surface area (Å²) in [7, 11) is 0. The smallest absolute Gasteiger partial charge is 0.234 e. The van der Waals surface area contributed by atoms with Crippen molar-refractivity contribution in [2.75, 3.05) is 31.1 Å². The van der Waals surface area contributed by atoms with E-state index in [1.807, 2.05) is 6.92 Å².